The van der Waals surface area contributed by atoms with E-state index in [0.717, 1.165) is 19.3 Å². The highest BCUT2D eigenvalue weighted by Gasteiger charge is 2.27. The molecule has 2 rings (SSSR count). The maximum absolute atomic E-state index is 12.7. The first-order valence-corrected chi connectivity index (χ1v) is 9.57. The number of carbonyl (C=O) groups is 3. The quantitative estimate of drug-likeness (QED) is 0.715. The number of amides is 3. The summed E-state index contributed by atoms with van der Waals surface area (Å²) in [6.45, 7) is 2.16. The zero-order chi connectivity index (χ0) is 19.3. The Morgan fingerprint density at radius 3 is 2.46 bits per heavy atom. The number of nitrogens with one attached hydrogen (secondary N) is 1. The van der Waals surface area contributed by atoms with Gasteiger partial charge in [-0.1, -0.05) is 12.5 Å². The second-order valence-corrected chi connectivity index (χ2v) is 7.83. The predicted octanol–water partition coefficient (Wildman–Crippen LogP) is 0.601. The van der Waals surface area contributed by atoms with Crippen molar-refractivity contribution in [2.24, 2.45) is 5.73 Å². The number of rotatable bonds is 5. The van der Waals surface area contributed by atoms with E-state index < -0.39 is 34.0 Å². The standard InChI is InChI=1S/C16H21N3O6S/c1-11(14(20)18-16(17)22)25-15(21)12-6-5-7-13(10-12)26(23,24)19-8-3-2-4-9-19/h5-7,10-11H,2-4,8-9H2,1H3,(H3,17,18,20,22). The molecule has 142 valence electrons. The van der Waals surface area contributed by atoms with Gasteiger partial charge >= 0.3 is 12.0 Å². The molecule has 0 aromatic heterocycles. The van der Waals surface area contributed by atoms with E-state index in [4.69, 9.17) is 10.5 Å². The van der Waals surface area contributed by atoms with Crippen LogP contribution in [0.4, 0.5) is 4.79 Å². The Balaban J connectivity index is 2.14. The molecule has 0 aliphatic carbocycles. The summed E-state index contributed by atoms with van der Waals surface area (Å²) < 4.78 is 31.7. The topological polar surface area (TPSA) is 136 Å². The average Bonchev–Trinajstić information content (AvgIpc) is 2.62. The number of esters is 1. The smallest absolute Gasteiger partial charge is 0.338 e. The number of hydrogen-bond donors (Lipinski definition) is 2. The van der Waals surface area contributed by atoms with Gasteiger partial charge in [-0.3, -0.25) is 10.1 Å². The first-order valence-electron chi connectivity index (χ1n) is 8.13. The molecule has 1 unspecified atom stereocenters. The molecule has 0 bridgehead atoms. The maximum Gasteiger partial charge on any atom is 0.338 e. The molecule has 9 nitrogen and oxygen atoms in total. The SMILES string of the molecule is CC(OC(=O)c1cccc(S(=O)(=O)N2CCCCC2)c1)C(=O)NC(N)=O. The fourth-order valence-corrected chi connectivity index (χ4v) is 4.11. The molecule has 1 atom stereocenters. The van der Waals surface area contributed by atoms with Crippen molar-refractivity contribution >= 4 is 27.9 Å². The number of sulfonamides is 1. The molecule has 1 aromatic rings. The lowest BCUT2D eigenvalue weighted by Gasteiger charge is -2.26. The second kappa shape index (κ2) is 8.28. The van der Waals surface area contributed by atoms with E-state index in [0.29, 0.717) is 13.1 Å². The third-order valence-corrected chi connectivity index (χ3v) is 5.82. The van der Waals surface area contributed by atoms with Crippen molar-refractivity contribution in [3.05, 3.63) is 29.8 Å². The molecule has 3 amide bonds. The minimum Gasteiger partial charge on any atom is -0.449 e. The van der Waals surface area contributed by atoms with Crippen LogP contribution in [0.3, 0.4) is 0 Å². The predicted molar refractivity (Wildman–Crippen MR) is 91.7 cm³/mol. The highest BCUT2D eigenvalue weighted by atomic mass is 32.2. The molecule has 0 radical (unpaired) electrons. The first-order chi connectivity index (χ1) is 12.2. The molecule has 0 saturated carbocycles. The van der Waals surface area contributed by atoms with E-state index in [1.165, 1.54) is 35.5 Å². The van der Waals surface area contributed by atoms with Crippen molar-refractivity contribution in [1.29, 1.82) is 0 Å². The lowest BCUT2D eigenvalue weighted by atomic mass is 10.2. The van der Waals surface area contributed by atoms with Crippen molar-refractivity contribution in [2.45, 2.75) is 37.2 Å². The number of piperidine rings is 1. The summed E-state index contributed by atoms with van der Waals surface area (Å²) in [6, 6.07) is 4.37. The summed E-state index contributed by atoms with van der Waals surface area (Å²) >= 11 is 0. The highest BCUT2D eigenvalue weighted by Crippen LogP contribution is 2.21. The van der Waals surface area contributed by atoms with Gasteiger partial charge in [-0.25, -0.2) is 18.0 Å². The average molecular weight is 383 g/mol. The molecular weight excluding hydrogens is 362 g/mol. The Morgan fingerprint density at radius 1 is 1.19 bits per heavy atom. The number of imide groups is 1. The zero-order valence-corrected chi connectivity index (χ0v) is 15.1. The summed E-state index contributed by atoms with van der Waals surface area (Å²) in [5.41, 5.74) is 4.82. The van der Waals surface area contributed by atoms with Crippen LogP contribution in [-0.2, 0) is 19.6 Å². The Labute approximate surface area is 151 Å². The number of hydrogen-bond acceptors (Lipinski definition) is 6. The number of nitrogens with zero attached hydrogens (tertiary/aromatic N) is 1. The lowest BCUT2D eigenvalue weighted by Crippen LogP contribution is -2.42. The van der Waals surface area contributed by atoms with Gasteiger partial charge in [-0.05, 0) is 38.0 Å². The molecule has 1 saturated heterocycles. The van der Waals surface area contributed by atoms with Crippen LogP contribution in [0.15, 0.2) is 29.2 Å². The maximum atomic E-state index is 12.7. The van der Waals surface area contributed by atoms with E-state index in [2.05, 4.69) is 0 Å². The Bertz CT molecular complexity index is 802. The van der Waals surface area contributed by atoms with E-state index in [9.17, 15) is 22.8 Å². The van der Waals surface area contributed by atoms with Gasteiger partial charge < -0.3 is 10.5 Å². The van der Waals surface area contributed by atoms with Gasteiger partial charge in [0.2, 0.25) is 10.0 Å². The largest absolute Gasteiger partial charge is 0.449 e. The van der Waals surface area contributed by atoms with Crippen LogP contribution in [0.25, 0.3) is 0 Å². The molecular formula is C16H21N3O6S. The normalized spacial score (nSPS) is 16.5. The number of urea groups is 1. The summed E-state index contributed by atoms with van der Waals surface area (Å²) in [5, 5.41) is 1.80. The monoisotopic (exact) mass is 383 g/mol. The van der Waals surface area contributed by atoms with Crippen molar-refractivity contribution < 1.29 is 27.5 Å². The molecule has 0 spiro atoms. The molecule has 1 aliphatic rings. The van der Waals surface area contributed by atoms with Gasteiger partial charge in [0.15, 0.2) is 6.10 Å². The van der Waals surface area contributed by atoms with Crippen LogP contribution in [0.5, 0.6) is 0 Å². The minimum absolute atomic E-state index is 0.0110. The molecule has 3 N–H and O–H groups in total. The molecule has 26 heavy (non-hydrogen) atoms. The number of carbonyl (C=O) groups excluding carboxylic acids is 3. The van der Waals surface area contributed by atoms with E-state index in [1.807, 2.05) is 0 Å². The Hall–Kier alpha value is -2.46. The van der Waals surface area contributed by atoms with Gasteiger partial charge in [0, 0.05) is 13.1 Å². The number of ether oxygens (including phenoxy) is 1. The van der Waals surface area contributed by atoms with E-state index >= 15 is 0 Å². The van der Waals surface area contributed by atoms with Crippen molar-refractivity contribution in [2.75, 3.05) is 13.1 Å². The molecule has 10 heteroatoms. The molecule has 1 heterocycles. The van der Waals surface area contributed by atoms with Gasteiger partial charge in [0.05, 0.1) is 10.5 Å². The Kier molecular flexibility index (Phi) is 6.32. The fraction of sp³-hybridized carbons (Fsp3) is 0.438. The number of primary amides is 1. The van der Waals surface area contributed by atoms with Gasteiger partial charge in [0.1, 0.15) is 0 Å². The van der Waals surface area contributed by atoms with Crippen LogP contribution in [0.1, 0.15) is 36.5 Å². The van der Waals surface area contributed by atoms with Crippen LogP contribution in [-0.4, -0.2) is 49.8 Å². The zero-order valence-electron chi connectivity index (χ0n) is 14.3. The van der Waals surface area contributed by atoms with Crippen molar-refractivity contribution in [3.8, 4) is 0 Å². The highest BCUT2D eigenvalue weighted by molar-refractivity contribution is 7.89. The number of nitrogens with two attached hydrogens (primary N) is 1. The summed E-state index contributed by atoms with van der Waals surface area (Å²) in [6.07, 6.45) is 1.32. The van der Waals surface area contributed by atoms with E-state index in [1.54, 1.807) is 5.32 Å². The van der Waals surface area contributed by atoms with Crippen LogP contribution >= 0.6 is 0 Å². The van der Waals surface area contributed by atoms with Crippen LogP contribution in [0.2, 0.25) is 0 Å². The van der Waals surface area contributed by atoms with Gasteiger partial charge in [-0.15, -0.1) is 0 Å². The summed E-state index contributed by atoms with van der Waals surface area (Å²) in [5.74, 6) is -1.75. The lowest BCUT2D eigenvalue weighted by molar-refractivity contribution is -0.127. The van der Waals surface area contributed by atoms with Crippen LogP contribution < -0.4 is 11.1 Å². The summed E-state index contributed by atoms with van der Waals surface area (Å²) in [4.78, 5) is 34.4. The molecule has 1 aliphatic heterocycles. The molecule has 1 fully saturated rings. The van der Waals surface area contributed by atoms with Crippen LogP contribution in [0, 0.1) is 0 Å². The molecule has 1 aromatic carbocycles. The third kappa shape index (κ3) is 4.79. The first kappa shape index (κ1) is 19.9. The van der Waals surface area contributed by atoms with Gasteiger partial charge in [-0.2, -0.15) is 4.31 Å². The van der Waals surface area contributed by atoms with Gasteiger partial charge in [0.25, 0.3) is 5.91 Å². The number of benzene rings is 1. The minimum atomic E-state index is -3.69. The van der Waals surface area contributed by atoms with Crippen molar-refractivity contribution in [1.82, 2.24) is 9.62 Å². The van der Waals surface area contributed by atoms with Crippen molar-refractivity contribution in [3.63, 3.8) is 0 Å². The fourth-order valence-electron chi connectivity index (χ4n) is 2.54. The second-order valence-electron chi connectivity index (χ2n) is 5.89. The summed E-state index contributed by atoms with van der Waals surface area (Å²) in [7, 11) is -3.69. The van der Waals surface area contributed by atoms with E-state index in [-0.39, 0.29) is 10.5 Å². The third-order valence-electron chi connectivity index (χ3n) is 3.92. The Morgan fingerprint density at radius 2 is 1.85 bits per heavy atom.